The SMILES string of the molecule is COc1ccc(CNCCCc2c[nH]c3ccccc23)cc1OC. The van der Waals surface area contributed by atoms with Crippen LogP contribution in [0.15, 0.2) is 48.7 Å². The number of ether oxygens (including phenoxy) is 2. The molecule has 0 fully saturated rings. The number of nitrogens with one attached hydrogen (secondary N) is 2. The second-order valence-corrected chi connectivity index (χ2v) is 5.83. The molecule has 24 heavy (non-hydrogen) atoms. The molecule has 4 heteroatoms. The monoisotopic (exact) mass is 324 g/mol. The molecule has 0 aliphatic rings. The van der Waals surface area contributed by atoms with Crippen LogP contribution in [0.4, 0.5) is 0 Å². The highest BCUT2D eigenvalue weighted by atomic mass is 16.5. The first-order valence-electron chi connectivity index (χ1n) is 8.28. The summed E-state index contributed by atoms with van der Waals surface area (Å²) in [7, 11) is 3.32. The maximum Gasteiger partial charge on any atom is 0.161 e. The zero-order valence-electron chi connectivity index (χ0n) is 14.3. The van der Waals surface area contributed by atoms with Crippen molar-refractivity contribution >= 4 is 10.9 Å². The number of aromatic amines is 1. The Morgan fingerprint density at radius 2 is 1.83 bits per heavy atom. The molecule has 126 valence electrons. The van der Waals surface area contributed by atoms with Crippen molar-refractivity contribution in [2.75, 3.05) is 20.8 Å². The van der Waals surface area contributed by atoms with Crippen molar-refractivity contribution in [2.45, 2.75) is 19.4 Å². The number of aryl methyl sites for hydroxylation is 1. The van der Waals surface area contributed by atoms with Crippen LogP contribution in [0.2, 0.25) is 0 Å². The van der Waals surface area contributed by atoms with Crippen LogP contribution in [0, 0.1) is 0 Å². The Balaban J connectivity index is 1.47. The van der Waals surface area contributed by atoms with Gasteiger partial charge in [0.15, 0.2) is 11.5 Å². The van der Waals surface area contributed by atoms with Crippen LogP contribution < -0.4 is 14.8 Å². The lowest BCUT2D eigenvalue weighted by atomic mass is 10.1. The molecule has 0 atom stereocenters. The highest BCUT2D eigenvalue weighted by molar-refractivity contribution is 5.82. The summed E-state index contributed by atoms with van der Waals surface area (Å²) in [6.45, 7) is 1.81. The van der Waals surface area contributed by atoms with Crippen molar-refractivity contribution in [3.63, 3.8) is 0 Å². The van der Waals surface area contributed by atoms with E-state index in [1.54, 1.807) is 14.2 Å². The number of rotatable bonds is 8. The molecule has 1 aromatic heterocycles. The molecule has 3 aromatic rings. The number of fused-ring (bicyclic) bond motifs is 1. The van der Waals surface area contributed by atoms with E-state index < -0.39 is 0 Å². The van der Waals surface area contributed by atoms with Gasteiger partial charge < -0.3 is 19.8 Å². The number of benzene rings is 2. The molecular weight excluding hydrogens is 300 g/mol. The van der Waals surface area contributed by atoms with Gasteiger partial charge in [0.05, 0.1) is 14.2 Å². The van der Waals surface area contributed by atoms with Crippen LogP contribution in [0.5, 0.6) is 11.5 Å². The van der Waals surface area contributed by atoms with Gasteiger partial charge in [-0.3, -0.25) is 0 Å². The van der Waals surface area contributed by atoms with Crippen LogP contribution in [0.3, 0.4) is 0 Å². The maximum absolute atomic E-state index is 5.34. The summed E-state index contributed by atoms with van der Waals surface area (Å²) >= 11 is 0. The maximum atomic E-state index is 5.34. The fourth-order valence-electron chi connectivity index (χ4n) is 2.97. The quantitative estimate of drug-likeness (QED) is 0.618. The summed E-state index contributed by atoms with van der Waals surface area (Å²) < 4.78 is 10.6. The summed E-state index contributed by atoms with van der Waals surface area (Å²) in [6, 6.07) is 14.5. The predicted octanol–water partition coefficient (Wildman–Crippen LogP) is 3.91. The molecule has 0 saturated heterocycles. The molecule has 2 N–H and O–H groups in total. The first-order chi connectivity index (χ1) is 11.8. The smallest absolute Gasteiger partial charge is 0.161 e. The minimum atomic E-state index is 0.764. The molecule has 0 spiro atoms. The number of methoxy groups -OCH3 is 2. The van der Waals surface area contributed by atoms with Gasteiger partial charge in [-0.1, -0.05) is 24.3 Å². The van der Waals surface area contributed by atoms with Crippen molar-refractivity contribution < 1.29 is 9.47 Å². The highest BCUT2D eigenvalue weighted by Crippen LogP contribution is 2.27. The molecule has 0 unspecified atom stereocenters. The summed E-state index contributed by atoms with van der Waals surface area (Å²) in [5.74, 6) is 1.54. The highest BCUT2D eigenvalue weighted by Gasteiger charge is 2.05. The lowest BCUT2D eigenvalue weighted by Gasteiger charge is -2.10. The Kier molecular flexibility index (Phi) is 5.39. The zero-order valence-corrected chi connectivity index (χ0v) is 14.3. The van der Waals surface area contributed by atoms with Crippen LogP contribution in [0.25, 0.3) is 10.9 Å². The van der Waals surface area contributed by atoms with Gasteiger partial charge in [-0.2, -0.15) is 0 Å². The number of hydrogen-bond donors (Lipinski definition) is 2. The van der Waals surface area contributed by atoms with E-state index in [1.807, 2.05) is 12.1 Å². The van der Waals surface area contributed by atoms with Gasteiger partial charge >= 0.3 is 0 Å². The average Bonchev–Trinajstić information content (AvgIpc) is 3.04. The van der Waals surface area contributed by atoms with Gasteiger partial charge in [-0.05, 0) is 48.7 Å². The number of para-hydroxylation sites is 1. The molecular formula is C20H24N2O2. The Morgan fingerprint density at radius 1 is 1.00 bits per heavy atom. The topological polar surface area (TPSA) is 46.3 Å². The van der Waals surface area contributed by atoms with E-state index in [1.165, 1.54) is 22.0 Å². The first kappa shape index (κ1) is 16.4. The van der Waals surface area contributed by atoms with Crippen molar-refractivity contribution in [3.05, 3.63) is 59.8 Å². The van der Waals surface area contributed by atoms with Crippen molar-refractivity contribution in [1.82, 2.24) is 10.3 Å². The second kappa shape index (κ2) is 7.88. The zero-order chi connectivity index (χ0) is 16.8. The molecule has 0 aliphatic heterocycles. The van der Waals surface area contributed by atoms with E-state index in [0.29, 0.717) is 0 Å². The Labute approximate surface area is 142 Å². The third-order valence-electron chi connectivity index (χ3n) is 4.25. The molecule has 0 radical (unpaired) electrons. The fourth-order valence-corrected chi connectivity index (χ4v) is 2.97. The molecule has 0 saturated carbocycles. The Bertz CT molecular complexity index is 795. The summed E-state index contributed by atoms with van der Waals surface area (Å²) in [4.78, 5) is 3.33. The van der Waals surface area contributed by atoms with Crippen LogP contribution in [-0.4, -0.2) is 25.7 Å². The predicted molar refractivity (Wildman–Crippen MR) is 97.9 cm³/mol. The van der Waals surface area contributed by atoms with Crippen LogP contribution in [-0.2, 0) is 13.0 Å². The Morgan fingerprint density at radius 3 is 2.67 bits per heavy atom. The van der Waals surface area contributed by atoms with Crippen LogP contribution >= 0.6 is 0 Å². The number of H-pyrrole nitrogens is 1. The van der Waals surface area contributed by atoms with Crippen molar-refractivity contribution in [3.8, 4) is 11.5 Å². The third kappa shape index (κ3) is 3.71. The molecule has 0 amide bonds. The minimum Gasteiger partial charge on any atom is -0.493 e. The summed E-state index contributed by atoms with van der Waals surface area (Å²) in [6.07, 6.45) is 4.30. The van der Waals surface area contributed by atoms with E-state index in [2.05, 4.69) is 46.8 Å². The lowest BCUT2D eigenvalue weighted by Crippen LogP contribution is -2.15. The van der Waals surface area contributed by atoms with Gasteiger partial charge in [0.25, 0.3) is 0 Å². The molecule has 4 nitrogen and oxygen atoms in total. The van der Waals surface area contributed by atoms with Gasteiger partial charge in [0.1, 0.15) is 0 Å². The normalized spacial score (nSPS) is 10.9. The van der Waals surface area contributed by atoms with E-state index in [9.17, 15) is 0 Å². The van der Waals surface area contributed by atoms with Gasteiger partial charge in [0.2, 0.25) is 0 Å². The van der Waals surface area contributed by atoms with Gasteiger partial charge in [-0.25, -0.2) is 0 Å². The van der Waals surface area contributed by atoms with E-state index in [-0.39, 0.29) is 0 Å². The summed E-state index contributed by atoms with van der Waals surface area (Å²) in [5.41, 5.74) is 3.80. The standard InChI is InChI=1S/C20H24N2O2/c1-23-19-10-9-15(12-20(19)24-2)13-21-11-5-6-16-14-22-18-8-4-3-7-17(16)18/h3-4,7-10,12,14,21-22H,5-6,11,13H2,1-2H3. The molecule has 2 aromatic carbocycles. The lowest BCUT2D eigenvalue weighted by molar-refractivity contribution is 0.354. The van der Waals surface area contributed by atoms with E-state index in [4.69, 9.17) is 9.47 Å². The van der Waals surface area contributed by atoms with E-state index >= 15 is 0 Å². The van der Waals surface area contributed by atoms with E-state index in [0.717, 1.165) is 37.4 Å². The number of aromatic nitrogens is 1. The molecule has 0 bridgehead atoms. The number of hydrogen-bond acceptors (Lipinski definition) is 3. The van der Waals surface area contributed by atoms with Gasteiger partial charge in [-0.15, -0.1) is 0 Å². The fraction of sp³-hybridized carbons (Fsp3) is 0.300. The second-order valence-electron chi connectivity index (χ2n) is 5.83. The first-order valence-corrected chi connectivity index (χ1v) is 8.28. The summed E-state index contributed by atoms with van der Waals surface area (Å²) in [5, 5.41) is 4.83. The van der Waals surface area contributed by atoms with Crippen LogP contribution in [0.1, 0.15) is 17.5 Å². The van der Waals surface area contributed by atoms with Gasteiger partial charge in [0, 0.05) is 23.6 Å². The third-order valence-corrected chi connectivity index (χ3v) is 4.25. The molecule has 0 aliphatic carbocycles. The minimum absolute atomic E-state index is 0.764. The average molecular weight is 324 g/mol. The van der Waals surface area contributed by atoms with Crippen molar-refractivity contribution in [1.29, 1.82) is 0 Å². The molecule has 1 heterocycles. The van der Waals surface area contributed by atoms with Crippen molar-refractivity contribution in [2.24, 2.45) is 0 Å². The Hall–Kier alpha value is -2.46. The molecule has 3 rings (SSSR count). The largest absolute Gasteiger partial charge is 0.493 e.